The summed E-state index contributed by atoms with van der Waals surface area (Å²) in [6.07, 6.45) is 2.92. The van der Waals surface area contributed by atoms with Crippen molar-refractivity contribution in [3.8, 4) is 0 Å². The monoisotopic (exact) mass is 208 g/mol. The second kappa shape index (κ2) is 5.53. The van der Waals surface area contributed by atoms with E-state index in [4.69, 9.17) is 0 Å². The number of aromatic nitrogens is 2. The van der Waals surface area contributed by atoms with Gasteiger partial charge in [-0.25, -0.2) is 4.98 Å². The van der Waals surface area contributed by atoms with Crippen LogP contribution in [0.25, 0.3) is 0 Å². The van der Waals surface area contributed by atoms with Gasteiger partial charge in [0.2, 0.25) is 5.95 Å². The van der Waals surface area contributed by atoms with Crippen LogP contribution in [0.3, 0.4) is 0 Å². The Labute approximate surface area is 91.5 Å². The Balaban J connectivity index is 2.63. The van der Waals surface area contributed by atoms with Gasteiger partial charge in [0.1, 0.15) is 5.82 Å². The second-order valence-electron chi connectivity index (χ2n) is 3.83. The molecule has 0 bridgehead atoms. The van der Waals surface area contributed by atoms with Crippen molar-refractivity contribution >= 4 is 11.8 Å². The second-order valence-corrected chi connectivity index (χ2v) is 3.83. The molecule has 1 aromatic heterocycles. The maximum Gasteiger partial charge on any atom is 0.224 e. The zero-order valence-corrected chi connectivity index (χ0v) is 9.91. The number of rotatable bonds is 5. The third-order valence-corrected chi connectivity index (χ3v) is 2.75. The van der Waals surface area contributed by atoms with E-state index in [9.17, 15) is 0 Å². The van der Waals surface area contributed by atoms with Crippen molar-refractivity contribution in [1.29, 1.82) is 0 Å². The van der Waals surface area contributed by atoms with Crippen LogP contribution >= 0.6 is 0 Å². The summed E-state index contributed by atoms with van der Waals surface area (Å²) in [5.41, 5.74) is 0. The lowest BCUT2D eigenvalue weighted by Crippen LogP contribution is -2.23. The van der Waals surface area contributed by atoms with Gasteiger partial charge in [-0.15, -0.1) is 0 Å². The van der Waals surface area contributed by atoms with Crippen LogP contribution < -0.4 is 10.6 Å². The van der Waals surface area contributed by atoms with E-state index >= 15 is 0 Å². The summed E-state index contributed by atoms with van der Waals surface area (Å²) in [4.78, 5) is 8.38. The number of nitrogens with one attached hydrogen (secondary N) is 2. The maximum absolute atomic E-state index is 4.31. The molecule has 0 amide bonds. The van der Waals surface area contributed by atoms with Crippen molar-refractivity contribution in [2.75, 3.05) is 17.7 Å². The van der Waals surface area contributed by atoms with Crippen molar-refractivity contribution in [2.45, 2.75) is 33.2 Å². The summed E-state index contributed by atoms with van der Waals surface area (Å²) in [6.45, 7) is 6.61. The summed E-state index contributed by atoms with van der Waals surface area (Å²) in [5.74, 6) is 2.16. The average Bonchev–Trinajstić information content (AvgIpc) is 2.28. The van der Waals surface area contributed by atoms with Crippen molar-refractivity contribution in [2.24, 2.45) is 5.92 Å². The minimum Gasteiger partial charge on any atom is -0.367 e. The predicted molar refractivity (Wildman–Crippen MR) is 64.1 cm³/mol. The van der Waals surface area contributed by atoms with Gasteiger partial charge in [-0.3, -0.25) is 0 Å². The zero-order chi connectivity index (χ0) is 11.3. The highest BCUT2D eigenvalue weighted by Gasteiger charge is 2.10. The van der Waals surface area contributed by atoms with E-state index in [1.54, 1.807) is 6.20 Å². The maximum atomic E-state index is 4.31. The topological polar surface area (TPSA) is 49.8 Å². The van der Waals surface area contributed by atoms with E-state index < -0.39 is 0 Å². The number of hydrogen-bond donors (Lipinski definition) is 2. The average molecular weight is 208 g/mol. The van der Waals surface area contributed by atoms with E-state index in [1.807, 2.05) is 13.1 Å². The van der Waals surface area contributed by atoms with E-state index in [0.29, 0.717) is 17.9 Å². The van der Waals surface area contributed by atoms with Crippen LogP contribution in [0.5, 0.6) is 0 Å². The molecule has 0 saturated carbocycles. The molecule has 0 aliphatic rings. The Hall–Kier alpha value is -1.32. The highest BCUT2D eigenvalue weighted by molar-refractivity contribution is 5.39. The molecule has 1 rings (SSSR count). The van der Waals surface area contributed by atoms with Crippen LogP contribution in [0.2, 0.25) is 0 Å². The number of hydrogen-bond acceptors (Lipinski definition) is 4. The molecule has 2 N–H and O–H groups in total. The van der Waals surface area contributed by atoms with E-state index in [2.05, 4.69) is 41.4 Å². The lowest BCUT2D eigenvalue weighted by molar-refractivity contribution is 0.493. The van der Waals surface area contributed by atoms with Gasteiger partial charge in [-0.05, 0) is 18.9 Å². The summed E-state index contributed by atoms with van der Waals surface area (Å²) >= 11 is 0. The van der Waals surface area contributed by atoms with Gasteiger partial charge in [-0.2, -0.15) is 4.98 Å². The van der Waals surface area contributed by atoms with Gasteiger partial charge in [0.15, 0.2) is 0 Å². The van der Waals surface area contributed by atoms with Crippen LogP contribution in [0, 0.1) is 5.92 Å². The molecule has 84 valence electrons. The first-order valence-electron chi connectivity index (χ1n) is 5.44. The fourth-order valence-electron chi connectivity index (χ4n) is 1.29. The molecule has 4 nitrogen and oxygen atoms in total. The molecule has 0 saturated heterocycles. The van der Waals surface area contributed by atoms with Gasteiger partial charge in [0.25, 0.3) is 0 Å². The van der Waals surface area contributed by atoms with Gasteiger partial charge in [0, 0.05) is 19.3 Å². The SMILES string of the molecule is CCC(C)C(C)Nc1ccnc(NC)n1. The van der Waals surface area contributed by atoms with Gasteiger partial charge in [-0.1, -0.05) is 20.3 Å². The lowest BCUT2D eigenvalue weighted by atomic mass is 10.0. The standard InChI is InChI=1S/C11H20N4/c1-5-8(2)9(3)14-10-6-7-13-11(12-4)15-10/h6-9H,5H2,1-4H3,(H2,12,13,14,15). The fourth-order valence-corrected chi connectivity index (χ4v) is 1.29. The Kier molecular flexibility index (Phi) is 4.34. The first-order chi connectivity index (χ1) is 7.17. The molecule has 0 radical (unpaired) electrons. The molecule has 2 unspecified atom stereocenters. The normalized spacial score (nSPS) is 14.4. The molecule has 0 aliphatic heterocycles. The summed E-state index contributed by atoms with van der Waals surface area (Å²) in [5, 5.41) is 6.30. The zero-order valence-electron chi connectivity index (χ0n) is 9.91. The van der Waals surface area contributed by atoms with E-state index in [-0.39, 0.29) is 0 Å². The molecule has 4 heteroatoms. The summed E-state index contributed by atoms with van der Waals surface area (Å²) < 4.78 is 0. The highest BCUT2D eigenvalue weighted by Crippen LogP contribution is 2.13. The first kappa shape index (κ1) is 11.8. The minimum absolute atomic E-state index is 0.426. The number of nitrogens with zero attached hydrogens (tertiary/aromatic N) is 2. The molecule has 0 fully saturated rings. The molecular formula is C11H20N4. The fraction of sp³-hybridized carbons (Fsp3) is 0.636. The van der Waals surface area contributed by atoms with Gasteiger partial charge >= 0.3 is 0 Å². The molecule has 0 aromatic carbocycles. The third-order valence-electron chi connectivity index (χ3n) is 2.75. The lowest BCUT2D eigenvalue weighted by Gasteiger charge is -2.20. The first-order valence-corrected chi connectivity index (χ1v) is 5.44. The molecule has 0 aliphatic carbocycles. The van der Waals surface area contributed by atoms with Crippen LogP contribution in [-0.4, -0.2) is 23.1 Å². The Morgan fingerprint density at radius 2 is 2.13 bits per heavy atom. The molecule has 2 atom stereocenters. The molecule has 1 heterocycles. The van der Waals surface area contributed by atoms with Crippen molar-refractivity contribution in [3.63, 3.8) is 0 Å². The van der Waals surface area contributed by atoms with Crippen molar-refractivity contribution in [1.82, 2.24) is 9.97 Å². The van der Waals surface area contributed by atoms with Gasteiger partial charge in [0.05, 0.1) is 0 Å². The predicted octanol–water partition coefficient (Wildman–Crippen LogP) is 2.36. The molecule has 0 spiro atoms. The van der Waals surface area contributed by atoms with Crippen molar-refractivity contribution in [3.05, 3.63) is 12.3 Å². The van der Waals surface area contributed by atoms with Crippen LogP contribution in [0.15, 0.2) is 12.3 Å². The Bertz CT molecular complexity index is 300. The van der Waals surface area contributed by atoms with E-state index in [1.165, 1.54) is 0 Å². The minimum atomic E-state index is 0.426. The molecule has 1 aromatic rings. The van der Waals surface area contributed by atoms with Crippen LogP contribution in [0.1, 0.15) is 27.2 Å². The Morgan fingerprint density at radius 1 is 1.40 bits per heavy atom. The van der Waals surface area contributed by atoms with Gasteiger partial charge < -0.3 is 10.6 Å². The summed E-state index contributed by atoms with van der Waals surface area (Å²) in [7, 11) is 1.82. The third kappa shape index (κ3) is 3.38. The molecular weight excluding hydrogens is 188 g/mol. The van der Waals surface area contributed by atoms with Crippen molar-refractivity contribution < 1.29 is 0 Å². The Morgan fingerprint density at radius 3 is 2.73 bits per heavy atom. The quantitative estimate of drug-likeness (QED) is 0.780. The van der Waals surface area contributed by atoms with Crippen LogP contribution in [-0.2, 0) is 0 Å². The number of anilines is 2. The largest absolute Gasteiger partial charge is 0.367 e. The van der Waals surface area contributed by atoms with Crippen LogP contribution in [0.4, 0.5) is 11.8 Å². The smallest absolute Gasteiger partial charge is 0.224 e. The molecule has 15 heavy (non-hydrogen) atoms. The highest BCUT2D eigenvalue weighted by atomic mass is 15.1. The summed E-state index contributed by atoms with van der Waals surface area (Å²) in [6, 6.07) is 2.31. The van der Waals surface area contributed by atoms with E-state index in [0.717, 1.165) is 12.2 Å².